The van der Waals surface area contributed by atoms with Crippen molar-refractivity contribution in [3.05, 3.63) is 22.4 Å². The second-order valence-electron chi connectivity index (χ2n) is 5.83. The Labute approximate surface area is 115 Å². The van der Waals surface area contributed by atoms with E-state index in [1.54, 1.807) is 0 Å². The second kappa shape index (κ2) is 6.69. The Balaban J connectivity index is 1.99. The lowest BCUT2D eigenvalue weighted by molar-refractivity contribution is 0.174. The molecule has 3 heteroatoms. The maximum absolute atomic E-state index is 3.62. The van der Waals surface area contributed by atoms with Gasteiger partial charge in [-0.05, 0) is 43.7 Å². The first-order chi connectivity index (χ1) is 8.66. The third-order valence-corrected chi connectivity index (χ3v) is 4.76. The van der Waals surface area contributed by atoms with E-state index in [0.29, 0.717) is 12.1 Å². The minimum Gasteiger partial charge on any atom is -0.313 e. The van der Waals surface area contributed by atoms with Gasteiger partial charge in [0.05, 0.1) is 0 Å². The highest BCUT2D eigenvalue weighted by Crippen LogP contribution is 2.26. The summed E-state index contributed by atoms with van der Waals surface area (Å²) in [5.74, 6) is 0.730. The lowest BCUT2D eigenvalue weighted by Gasteiger charge is -2.32. The summed E-state index contributed by atoms with van der Waals surface area (Å²) >= 11 is 1.88. The summed E-state index contributed by atoms with van der Waals surface area (Å²) in [6, 6.07) is 5.68. The van der Waals surface area contributed by atoms with Gasteiger partial charge < -0.3 is 5.32 Å². The predicted octanol–water partition coefficient (Wildman–Crippen LogP) is 3.52. The van der Waals surface area contributed by atoms with E-state index in [0.717, 1.165) is 5.92 Å². The van der Waals surface area contributed by atoms with Gasteiger partial charge >= 0.3 is 0 Å². The van der Waals surface area contributed by atoms with Crippen LogP contribution in [0.3, 0.4) is 0 Å². The number of thiophene rings is 1. The lowest BCUT2D eigenvalue weighted by Crippen LogP contribution is -2.40. The smallest absolute Gasteiger partial charge is 0.0414 e. The molecule has 102 valence electrons. The van der Waals surface area contributed by atoms with Crippen LogP contribution in [0.2, 0.25) is 0 Å². The van der Waals surface area contributed by atoms with E-state index in [1.165, 1.54) is 37.4 Å². The average Bonchev–Trinajstić information content (AvgIpc) is 2.99. The molecule has 0 spiro atoms. The fourth-order valence-corrected chi connectivity index (χ4v) is 3.58. The normalized spacial score (nSPS) is 21.9. The van der Waals surface area contributed by atoms with Gasteiger partial charge in [0.1, 0.15) is 0 Å². The monoisotopic (exact) mass is 266 g/mol. The van der Waals surface area contributed by atoms with Crippen LogP contribution in [0.4, 0.5) is 0 Å². The molecule has 0 radical (unpaired) electrons. The Hall–Kier alpha value is -0.380. The van der Waals surface area contributed by atoms with Crippen molar-refractivity contribution in [3.8, 4) is 0 Å². The highest BCUT2D eigenvalue weighted by atomic mass is 32.1. The molecule has 1 aromatic rings. The van der Waals surface area contributed by atoms with Crippen LogP contribution in [-0.4, -0.2) is 30.6 Å². The molecule has 1 aliphatic rings. The molecular formula is C15H26N2S. The zero-order chi connectivity index (χ0) is 13.0. The molecule has 0 aliphatic carbocycles. The topological polar surface area (TPSA) is 15.3 Å². The van der Waals surface area contributed by atoms with Gasteiger partial charge in [-0.2, -0.15) is 0 Å². The summed E-state index contributed by atoms with van der Waals surface area (Å²) in [5, 5.41) is 5.81. The molecule has 0 saturated carbocycles. The van der Waals surface area contributed by atoms with E-state index < -0.39 is 0 Å². The van der Waals surface area contributed by atoms with Crippen LogP contribution in [0.25, 0.3) is 0 Å². The van der Waals surface area contributed by atoms with Gasteiger partial charge in [0.2, 0.25) is 0 Å². The summed E-state index contributed by atoms with van der Waals surface area (Å²) in [6.07, 6.45) is 2.68. The average molecular weight is 266 g/mol. The molecule has 2 unspecified atom stereocenters. The van der Waals surface area contributed by atoms with Crippen molar-refractivity contribution in [1.29, 1.82) is 0 Å². The lowest BCUT2D eigenvalue weighted by atomic mass is 10.1. The molecule has 2 rings (SSSR count). The van der Waals surface area contributed by atoms with E-state index in [2.05, 4.69) is 48.5 Å². The van der Waals surface area contributed by atoms with Gasteiger partial charge in [-0.1, -0.05) is 19.9 Å². The van der Waals surface area contributed by atoms with Crippen LogP contribution in [0.15, 0.2) is 17.5 Å². The first kappa shape index (κ1) is 14.0. The fourth-order valence-electron chi connectivity index (χ4n) is 2.76. The van der Waals surface area contributed by atoms with Crippen molar-refractivity contribution in [1.82, 2.24) is 10.2 Å². The van der Waals surface area contributed by atoms with Crippen molar-refractivity contribution in [3.63, 3.8) is 0 Å². The van der Waals surface area contributed by atoms with Crippen LogP contribution in [0.1, 0.15) is 44.5 Å². The Morgan fingerprint density at radius 3 is 2.83 bits per heavy atom. The molecular weight excluding hydrogens is 240 g/mol. The zero-order valence-electron chi connectivity index (χ0n) is 11.9. The maximum atomic E-state index is 3.62. The van der Waals surface area contributed by atoms with Gasteiger partial charge in [0.25, 0.3) is 0 Å². The molecule has 1 aliphatic heterocycles. The summed E-state index contributed by atoms with van der Waals surface area (Å²) in [5.41, 5.74) is 0. The van der Waals surface area contributed by atoms with Gasteiger partial charge in [0, 0.05) is 30.1 Å². The molecule has 0 amide bonds. The first-order valence-corrected chi connectivity index (χ1v) is 8.05. The molecule has 1 fully saturated rings. The van der Waals surface area contributed by atoms with Crippen LogP contribution in [0.5, 0.6) is 0 Å². The Morgan fingerprint density at radius 1 is 1.44 bits per heavy atom. The first-order valence-electron chi connectivity index (χ1n) is 7.17. The SMILES string of the molecule is CC(C)CN(CC1CCCN1)C(C)c1cccs1. The van der Waals surface area contributed by atoms with Gasteiger partial charge in [-0.25, -0.2) is 0 Å². The van der Waals surface area contributed by atoms with Crippen LogP contribution >= 0.6 is 11.3 Å². The van der Waals surface area contributed by atoms with E-state index in [4.69, 9.17) is 0 Å². The zero-order valence-corrected chi connectivity index (χ0v) is 12.7. The third kappa shape index (κ3) is 3.81. The van der Waals surface area contributed by atoms with Crippen molar-refractivity contribution in [2.45, 2.75) is 45.7 Å². The minimum absolute atomic E-state index is 0.551. The highest BCUT2D eigenvalue weighted by molar-refractivity contribution is 7.10. The standard InChI is InChI=1S/C15H26N2S/c1-12(2)10-17(11-14-6-4-8-16-14)13(3)15-7-5-9-18-15/h5,7,9,12-14,16H,4,6,8,10-11H2,1-3H3. The third-order valence-electron chi connectivity index (χ3n) is 3.72. The van der Waals surface area contributed by atoms with Crippen LogP contribution in [-0.2, 0) is 0 Å². The molecule has 2 atom stereocenters. The Bertz CT molecular complexity index is 328. The van der Waals surface area contributed by atoms with Crippen LogP contribution < -0.4 is 5.32 Å². The Kier molecular flexibility index (Phi) is 5.22. The molecule has 2 heterocycles. The number of hydrogen-bond donors (Lipinski definition) is 1. The fraction of sp³-hybridized carbons (Fsp3) is 0.733. The second-order valence-corrected chi connectivity index (χ2v) is 6.81. The largest absolute Gasteiger partial charge is 0.313 e. The van der Waals surface area contributed by atoms with E-state index in [1.807, 2.05) is 11.3 Å². The summed E-state index contributed by atoms with van der Waals surface area (Å²) in [6.45, 7) is 10.6. The van der Waals surface area contributed by atoms with E-state index in [-0.39, 0.29) is 0 Å². The number of rotatable bonds is 6. The van der Waals surface area contributed by atoms with Gasteiger partial charge in [-0.15, -0.1) is 11.3 Å². The van der Waals surface area contributed by atoms with Gasteiger partial charge in [0.15, 0.2) is 0 Å². The number of nitrogens with zero attached hydrogens (tertiary/aromatic N) is 1. The minimum atomic E-state index is 0.551. The maximum Gasteiger partial charge on any atom is 0.0414 e. The van der Waals surface area contributed by atoms with Crippen molar-refractivity contribution < 1.29 is 0 Å². The van der Waals surface area contributed by atoms with E-state index >= 15 is 0 Å². The molecule has 0 aromatic carbocycles. The summed E-state index contributed by atoms with van der Waals surface area (Å²) < 4.78 is 0. The molecule has 1 aromatic heterocycles. The van der Waals surface area contributed by atoms with Gasteiger partial charge in [-0.3, -0.25) is 4.90 Å². The number of nitrogens with one attached hydrogen (secondary N) is 1. The molecule has 18 heavy (non-hydrogen) atoms. The predicted molar refractivity (Wildman–Crippen MR) is 80.2 cm³/mol. The van der Waals surface area contributed by atoms with Crippen molar-refractivity contribution in [2.24, 2.45) is 5.92 Å². The Morgan fingerprint density at radius 2 is 2.28 bits per heavy atom. The number of hydrogen-bond acceptors (Lipinski definition) is 3. The molecule has 1 N–H and O–H groups in total. The molecule has 0 bridgehead atoms. The molecule has 2 nitrogen and oxygen atoms in total. The highest BCUT2D eigenvalue weighted by Gasteiger charge is 2.23. The summed E-state index contributed by atoms with van der Waals surface area (Å²) in [4.78, 5) is 4.15. The van der Waals surface area contributed by atoms with E-state index in [9.17, 15) is 0 Å². The van der Waals surface area contributed by atoms with Crippen molar-refractivity contribution >= 4 is 11.3 Å². The van der Waals surface area contributed by atoms with Crippen molar-refractivity contribution in [2.75, 3.05) is 19.6 Å². The summed E-state index contributed by atoms with van der Waals surface area (Å²) in [7, 11) is 0. The molecule has 1 saturated heterocycles. The quantitative estimate of drug-likeness (QED) is 0.847. The van der Waals surface area contributed by atoms with Crippen LogP contribution in [0, 0.1) is 5.92 Å².